The number of halogens is 3. The Hall–Kier alpha value is -4.87. The summed E-state index contributed by atoms with van der Waals surface area (Å²) in [6, 6.07) is 3.94. The Morgan fingerprint density at radius 1 is 1.18 bits per heavy atom. The van der Waals surface area contributed by atoms with Crippen LogP contribution >= 0.6 is 0 Å². The molecule has 1 amide bonds. The summed E-state index contributed by atoms with van der Waals surface area (Å²) in [5.74, 6) is -5.02. The number of benzene rings is 2. The third-order valence-corrected chi connectivity index (χ3v) is 8.54. The van der Waals surface area contributed by atoms with E-state index in [4.69, 9.17) is 4.74 Å². The van der Waals surface area contributed by atoms with Crippen LogP contribution in [0.4, 0.5) is 19.0 Å². The molecule has 2 atom stereocenters. The van der Waals surface area contributed by atoms with Crippen LogP contribution in [0.1, 0.15) is 44.4 Å². The average Bonchev–Trinajstić information content (AvgIpc) is 2.99. The van der Waals surface area contributed by atoms with Gasteiger partial charge in [0.1, 0.15) is 11.6 Å². The highest BCUT2D eigenvalue weighted by Crippen LogP contribution is 2.46. The highest BCUT2D eigenvalue weighted by Gasteiger charge is 2.39. The summed E-state index contributed by atoms with van der Waals surface area (Å²) in [6.45, 7) is 11.7. The maximum absolute atomic E-state index is 16.6. The number of pyridine rings is 1. The van der Waals surface area contributed by atoms with Gasteiger partial charge in [-0.15, -0.1) is 0 Å². The Labute approximate surface area is 257 Å². The lowest BCUT2D eigenvalue weighted by Gasteiger charge is -2.47. The number of phenolic OH excluding ortho intramolecular Hbond substituents is 1. The second-order valence-electron chi connectivity index (χ2n) is 11.8. The molecule has 1 fully saturated rings. The van der Waals surface area contributed by atoms with Crippen molar-refractivity contribution in [1.29, 1.82) is 0 Å². The van der Waals surface area contributed by atoms with Crippen molar-refractivity contribution in [3.8, 4) is 28.3 Å². The molecule has 0 radical (unpaired) electrons. The number of aromatic hydroxyl groups is 1. The molecule has 2 aliphatic rings. The zero-order valence-corrected chi connectivity index (χ0v) is 25.3. The third-order valence-electron chi connectivity index (χ3n) is 8.54. The van der Waals surface area contributed by atoms with Gasteiger partial charge in [-0.2, -0.15) is 4.98 Å². The van der Waals surface area contributed by atoms with Crippen molar-refractivity contribution in [2.24, 2.45) is 0 Å². The fourth-order valence-corrected chi connectivity index (χ4v) is 6.52. The molecular formula is C33H32F3N5O4. The molecule has 234 valence electrons. The summed E-state index contributed by atoms with van der Waals surface area (Å²) >= 11 is 0. The topological polar surface area (TPSA) is 101 Å². The van der Waals surface area contributed by atoms with Crippen LogP contribution in [0.2, 0.25) is 0 Å². The summed E-state index contributed by atoms with van der Waals surface area (Å²) in [4.78, 5) is 39.4. The first-order chi connectivity index (χ1) is 21.4. The summed E-state index contributed by atoms with van der Waals surface area (Å²) < 4.78 is 53.7. The van der Waals surface area contributed by atoms with Crippen LogP contribution < -0.4 is 15.3 Å². The number of ether oxygens (including phenoxy) is 1. The summed E-state index contributed by atoms with van der Waals surface area (Å²) in [5, 5.41) is 10.8. The molecule has 45 heavy (non-hydrogen) atoms. The van der Waals surface area contributed by atoms with E-state index in [0.29, 0.717) is 36.5 Å². The van der Waals surface area contributed by atoms with Crippen molar-refractivity contribution in [1.82, 2.24) is 19.4 Å². The van der Waals surface area contributed by atoms with Crippen molar-refractivity contribution < 1.29 is 27.8 Å². The lowest BCUT2D eigenvalue weighted by molar-refractivity contribution is -0.127. The van der Waals surface area contributed by atoms with Gasteiger partial charge in [-0.25, -0.2) is 18.0 Å². The van der Waals surface area contributed by atoms with Crippen LogP contribution in [0, 0.1) is 24.4 Å². The molecule has 9 nitrogen and oxygen atoms in total. The summed E-state index contributed by atoms with van der Waals surface area (Å²) in [5.41, 5.74) is -0.142. The van der Waals surface area contributed by atoms with Crippen LogP contribution in [-0.2, 0) is 4.79 Å². The second-order valence-corrected chi connectivity index (χ2v) is 11.8. The summed E-state index contributed by atoms with van der Waals surface area (Å²) in [6.07, 6.45) is 3.20. The van der Waals surface area contributed by atoms with E-state index in [1.165, 1.54) is 16.7 Å². The van der Waals surface area contributed by atoms with Gasteiger partial charge >= 0.3 is 5.69 Å². The van der Waals surface area contributed by atoms with Crippen molar-refractivity contribution in [2.45, 2.75) is 52.1 Å². The number of hydrogen-bond donors (Lipinski definition) is 1. The molecule has 6 rings (SSSR count). The maximum Gasteiger partial charge on any atom is 0.354 e. The first kappa shape index (κ1) is 30.2. The Balaban J connectivity index is 1.75. The van der Waals surface area contributed by atoms with E-state index in [2.05, 4.69) is 16.5 Å². The Morgan fingerprint density at radius 2 is 1.93 bits per heavy atom. The number of carbonyl (C=O) groups is 1. The van der Waals surface area contributed by atoms with Gasteiger partial charge in [-0.05, 0) is 55.7 Å². The number of phenols is 1. The van der Waals surface area contributed by atoms with Gasteiger partial charge in [0, 0.05) is 37.3 Å². The third kappa shape index (κ3) is 4.79. The van der Waals surface area contributed by atoms with E-state index in [1.807, 2.05) is 25.7 Å². The molecule has 1 N–H and O–H groups in total. The first-order valence-electron chi connectivity index (χ1n) is 14.7. The predicted octanol–water partition coefficient (Wildman–Crippen LogP) is 5.38. The van der Waals surface area contributed by atoms with E-state index in [-0.39, 0.29) is 53.0 Å². The van der Waals surface area contributed by atoms with Crippen molar-refractivity contribution >= 4 is 22.6 Å². The van der Waals surface area contributed by atoms with Crippen molar-refractivity contribution in [3.63, 3.8) is 0 Å². The highest BCUT2D eigenvalue weighted by atomic mass is 19.2. The van der Waals surface area contributed by atoms with Crippen molar-refractivity contribution in [3.05, 3.63) is 82.3 Å². The molecule has 4 heterocycles. The minimum absolute atomic E-state index is 0.00117. The molecule has 12 heteroatoms. The number of aryl methyl sites for hydroxylation is 1. The van der Waals surface area contributed by atoms with E-state index in [9.17, 15) is 19.1 Å². The Morgan fingerprint density at radius 3 is 2.64 bits per heavy atom. The minimum Gasteiger partial charge on any atom is -0.507 e. The number of rotatable bonds is 4. The van der Waals surface area contributed by atoms with Gasteiger partial charge in [0.15, 0.2) is 23.2 Å². The number of carbonyl (C=O) groups excluding carboxylic acids is 1. The number of aromatic nitrogens is 3. The van der Waals surface area contributed by atoms with Gasteiger partial charge < -0.3 is 19.6 Å². The average molecular weight is 620 g/mol. The number of hydrogen-bond acceptors (Lipinski definition) is 7. The zero-order valence-electron chi connectivity index (χ0n) is 25.3. The van der Waals surface area contributed by atoms with Gasteiger partial charge in [0.2, 0.25) is 5.91 Å². The fraction of sp³-hybridized carbons (Fsp3) is 0.333. The minimum atomic E-state index is -1.45. The van der Waals surface area contributed by atoms with Crippen LogP contribution in [0.15, 0.2) is 47.9 Å². The first-order valence-corrected chi connectivity index (χ1v) is 14.7. The molecule has 2 aliphatic heterocycles. The van der Waals surface area contributed by atoms with E-state index in [0.717, 1.165) is 12.1 Å². The number of piperazine rings is 1. The standard InChI is InChI=1S/C33H32F3N5O4/c1-6-24(43)39-14-18(5)40-19(15-39)10-12-45-31-26-22(13-20(27(31)35)25-23(42)8-7-21(34)28(25)36)41(33(44)38-32(26)40)30-17(4)9-11-37-29(30)16(2)3/h6-9,11,13,16,18-19,42H,1,10,12,14-15H2,2-5H3. The molecule has 2 aromatic heterocycles. The van der Waals surface area contributed by atoms with Crippen LogP contribution in [0.25, 0.3) is 27.7 Å². The van der Waals surface area contributed by atoms with Crippen LogP contribution in [-0.4, -0.2) is 62.2 Å². The molecule has 2 unspecified atom stereocenters. The summed E-state index contributed by atoms with van der Waals surface area (Å²) in [7, 11) is 0. The van der Waals surface area contributed by atoms with E-state index < -0.39 is 40.0 Å². The monoisotopic (exact) mass is 619 g/mol. The van der Waals surface area contributed by atoms with E-state index in [1.54, 1.807) is 24.1 Å². The Kier molecular flexibility index (Phi) is 7.54. The van der Waals surface area contributed by atoms with Gasteiger partial charge in [0.25, 0.3) is 0 Å². The van der Waals surface area contributed by atoms with Gasteiger partial charge in [-0.3, -0.25) is 14.3 Å². The predicted molar refractivity (Wildman–Crippen MR) is 164 cm³/mol. The number of amides is 1. The molecule has 2 aromatic carbocycles. The number of fused-ring (bicyclic) bond motifs is 2. The molecule has 1 saturated heterocycles. The smallest absolute Gasteiger partial charge is 0.354 e. The zero-order chi connectivity index (χ0) is 32.3. The molecular weight excluding hydrogens is 587 g/mol. The maximum atomic E-state index is 16.6. The van der Waals surface area contributed by atoms with Crippen LogP contribution in [0.3, 0.4) is 0 Å². The van der Waals surface area contributed by atoms with Crippen LogP contribution in [0.5, 0.6) is 11.5 Å². The van der Waals surface area contributed by atoms with Crippen molar-refractivity contribution in [2.75, 3.05) is 24.6 Å². The lowest BCUT2D eigenvalue weighted by atomic mass is 9.97. The highest BCUT2D eigenvalue weighted by molar-refractivity contribution is 6.00. The molecule has 0 saturated carbocycles. The normalized spacial score (nSPS) is 18.0. The largest absolute Gasteiger partial charge is 0.507 e. The van der Waals surface area contributed by atoms with Gasteiger partial charge in [0.05, 0.1) is 40.5 Å². The Bertz CT molecular complexity index is 1940. The molecule has 0 spiro atoms. The van der Waals surface area contributed by atoms with Gasteiger partial charge in [-0.1, -0.05) is 20.4 Å². The molecule has 0 aliphatic carbocycles. The molecule has 4 aromatic rings. The number of nitrogens with zero attached hydrogens (tertiary/aromatic N) is 5. The quantitative estimate of drug-likeness (QED) is 0.307. The second kappa shape index (κ2) is 11.2. The molecule has 0 bridgehead atoms. The number of anilines is 1. The fourth-order valence-electron chi connectivity index (χ4n) is 6.52. The lowest BCUT2D eigenvalue weighted by Crippen LogP contribution is -2.60. The van der Waals surface area contributed by atoms with E-state index >= 15 is 8.78 Å². The SMILES string of the molecule is C=CC(=O)N1CC(C)N2c3nc(=O)n(-c4c(C)ccnc4C(C)C)c4cc(-c5c(O)ccc(F)c5F)c(F)c(c34)OCCC2C1.